The van der Waals surface area contributed by atoms with E-state index in [4.69, 9.17) is 16.3 Å². The van der Waals surface area contributed by atoms with E-state index < -0.39 is 5.91 Å². The van der Waals surface area contributed by atoms with Crippen molar-refractivity contribution in [1.29, 1.82) is 0 Å². The van der Waals surface area contributed by atoms with Gasteiger partial charge in [-0.05, 0) is 42.0 Å². The molecule has 27 heavy (non-hydrogen) atoms. The summed E-state index contributed by atoms with van der Waals surface area (Å²) in [5.41, 5.74) is 4.05. The topological polar surface area (TPSA) is 88.7 Å². The molecular formula is C19H17ClN4O3. The third-order valence-corrected chi connectivity index (χ3v) is 3.99. The molecule has 0 aliphatic heterocycles. The summed E-state index contributed by atoms with van der Waals surface area (Å²) in [6.45, 7) is 0.519. The molecule has 0 fully saturated rings. The number of nitrogens with one attached hydrogen (secondary N) is 1. The molecule has 0 radical (unpaired) electrons. The molecule has 2 aromatic carbocycles. The molecule has 2 N–H and O–H groups in total. The molecule has 1 aromatic heterocycles. The van der Waals surface area contributed by atoms with E-state index in [1.807, 2.05) is 12.1 Å². The Kier molecular flexibility index (Phi) is 5.73. The van der Waals surface area contributed by atoms with Crippen molar-refractivity contribution in [2.75, 3.05) is 7.11 Å². The van der Waals surface area contributed by atoms with Crippen LogP contribution < -0.4 is 10.2 Å². The molecule has 0 saturated heterocycles. The SMILES string of the molecule is COc1ccc(O)c(/C=N/NC(=O)c2ccn(Cc3ccc(Cl)cc3)n2)c1. The summed E-state index contributed by atoms with van der Waals surface area (Å²) in [6.07, 6.45) is 3.04. The maximum absolute atomic E-state index is 12.1. The number of halogens is 1. The first-order chi connectivity index (χ1) is 13.0. The number of amides is 1. The molecule has 0 bridgehead atoms. The summed E-state index contributed by atoms with van der Waals surface area (Å²) in [7, 11) is 1.52. The second-order valence-electron chi connectivity index (χ2n) is 5.65. The molecule has 3 aromatic rings. The predicted molar refractivity (Wildman–Crippen MR) is 102 cm³/mol. The van der Waals surface area contributed by atoms with Crippen LogP contribution in [-0.2, 0) is 6.54 Å². The van der Waals surface area contributed by atoms with E-state index in [0.717, 1.165) is 5.56 Å². The van der Waals surface area contributed by atoms with Crippen molar-refractivity contribution < 1.29 is 14.6 Å². The Balaban J connectivity index is 1.62. The minimum absolute atomic E-state index is 0.0287. The lowest BCUT2D eigenvalue weighted by atomic mass is 10.2. The van der Waals surface area contributed by atoms with Gasteiger partial charge in [-0.15, -0.1) is 0 Å². The molecule has 0 aliphatic rings. The highest BCUT2D eigenvalue weighted by molar-refractivity contribution is 6.30. The molecule has 1 heterocycles. The van der Waals surface area contributed by atoms with Crippen molar-refractivity contribution in [1.82, 2.24) is 15.2 Å². The third-order valence-electron chi connectivity index (χ3n) is 3.74. The smallest absolute Gasteiger partial charge is 0.291 e. The van der Waals surface area contributed by atoms with Crippen LogP contribution >= 0.6 is 11.6 Å². The number of aromatic nitrogens is 2. The van der Waals surface area contributed by atoms with E-state index >= 15 is 0 Å². The zero-order valence-corrected chi connectivity index (χ0v) is 15.2. The minimum Gasteiger partial charge on any atom is -0.507 e. The molecular weight excluding hydrogens is 368 g/mol. The molecule has 0 aliphatic carbocycles. The number of benzene rings is 2. The summed E-state index contributed by atoms with van der Waals surface area (Å²) in [4.78, 5) is 12.1. The molecule has 3 rings (SSSR count). The highest BCUT2D eigenvalue weighted by atomic mass is 35.5. The maximum Gasteiger partial charge on any atom is 0.291 e. The number of hydrazone groups is 1. The molecule has 0 spiro atoms. The van der Waals surface area contributed by atoms with E-state index in [-0.39, 0.29) is 11.4 Å². The number of methoxy groups -OCH3 is 1. The maximum atomic E-state index is 12.1. The standard InChI is InChI=1S/C19H17ClN4O3/c1-27-16-6-7-18(25)14(10-16)11-21-22-19(26)17-8-9-24(23-17)12-13-2-4-15(20)5-3-13/h2-11,25H,12H2,1H3,(H,22,26)/b21-11+. The van der Waals surface area contributed by atoms with Crippen LogP contribution in [0.3, 0.4) is 0 Å². The quantitative estimate of drug-likeness (QED) is 0.505. The van der Waals surface area contributed by atoms with Crippen molar-refractivity contribution in [3.8, 4) is 11.5 Å². The van der Waals surface area contributed by atoms with Gasteiger partial charge in [-0.3, -0.25) is 9.48 Å². The average Bonchev–Trinajstić information content (AvgIpc) is 3.13. The summed E-state index contributed by atoms with van der Waals surface area (Å²) < 4.78 is 6.73. The fraction of sp³-hybridized carbons (Fsp3) is 0.105. The number of aromatic hydroxyl groups is 1. The van der Waals surface area contributed by atoms with E-state index in [2.05, 4.69) is 15.6 Å². The number of phenols is 1. The number of hydrogen-bond donors (Lipinski definition) is 2. The molecule has 0 saturated carbocycles. The van der Waals surface area contributed by atoms with Gasteiger partial charge in [-0.25, -0.2) is 5.43 Å². The number of carbonyl (C=O) groups is 1. The van der Waals surface area contributed by atoms with Gasteiger partial charge in [0.05, 0.1) is 19.9 Å². The van der Waals surface area contributed by atoms with Crippen LogP contribution in [0.4, 0.5) is 0 Å². The Hall–Kier alpha value is -3.32. The summed E-state index contributed by atoms with van der Waals surface area (Å²) in [5, 5.41) is 18.5. The van der Waals surface area contributed by atoms with Gasteiger partial charge in [0.15, 0.2) is 5.69 Å². The van der Waals surface area contributed by atoms with Gasteiger partial charge in [-0.2, -0.15) is 10.2 Å². The Bertz CT molecular complexity index is 967. The lowest BCUT2D eigenvalue weighted by Gasteiger charge is -2.03. The number of rotatable bonds is 6. The highest BCUT2D eigenvalue weighted by Crippen LogP contribution is 2.20. The Labute approximate surface area is 160 Å². The van der Waals surface area contributed by atoms with E-state index in [1.54, 1.807) is 41.2 Å². The fourth-order valence-electron chi connectivity index (χ4n) is 2.33. The summed E-state index contributed by atoms with van der Waals surface area (Å²) >= 11 is 5.87. The van der Waals surface area contributed by atoms with E-state index in [0.29, 0.717) is 22.9 Å². The van der Waals surface area contributed by atoms with Crippen molar-refractivity contribution in [2.24, 2.45) is 5.10 Å². The Morgan fingerprint density at radius 1 is 1.30 bits per heavy atom. The molecule has 8 heteroatoms. The van der Waals surface area contributed by atoms with Gasteiger partial charge in [-0.1, -0.05) is 23.7 Å². The van der Waals surface area contributed by atoms with E-state index in [1.165, 1.54) is 19.4 Å². The van der Waals surface area contributed by atoms with Crippen molar-refractivity contribution >= 4 is 23.7 Å². The summed E-state index contributed by atoms with van der Waals surface area (Å²) in [6, 6.07) is 13.7. The normalized spacial score (nSPS) is 10.9. The Morgan fingerprint density at radius 2 is 2.07 bits per heavy atom. The monoisotopic (exact) mass is 384 g/mol. The van der Waals surface area contributed by atoms with Crippen LogP contribution in [0.1, 0.15) is 21.6 Å². The van der Waals surface area contributed by atoms with Gasteiger partial charge in [0.2, 0.25) is 0 Å². The number of phenolic OH excluding ortho intramolecular Hbond substituents is 1. The largest absolute Gasteiger partial charge is 0.507 e. The zero-order chi connectivity index (χ0) is 19.2. The number of hydrogen-bond acceptors (Lipinski definition) is 5. The number of carbonyl (C=O) groups excluding carboxylic acids is 1. The fourth-order valence-corrected chi connectivity index (χ4v) is 2.45. The molecule has 0 atom stereocenters. The Morgan fingerprint density at radius 3 is 2.81 bits per heavy atom. The van der Waals surface area contributed by atoms with Crippen LogP contribution in [0.5, 0.6) is 11.5 Å². The first-order valence-corrected chi connectivity index (χ1v) is 8.41. The first kappa shape index (κ1) is 18.5. The van der Waals surface area contributed by atoms with Gasteiger partial charge >= 0.3 is 0 Å². The van der Waals surface area contributed by atoms with Gasteiger partial charge < -0.3 is 9.84 Å². The van der Waals surface area contributed by atoms with Crippen LogP contribution in [0, 0.1) is 0 Å². The highest BCUT2D eigenvalue weighted by Gasteiger charge is 2.09. The molecule has 138 valence electrons. The van der Waals surface area contributed by atoms with Crippen LogP contribution in [0.2, 0.25) is 5.02 Å². The van der Waals surface area contributed by atoms with Gasteiger partial charge in [0.25, 0.3) is 5.91 Å². The second-order valence-corrected chi connectivity index (χ2v) is 6.09. The van der Waals surface area contributed by atoms with Crippen LogP contribution in [0.15, 0.2) is 59.8 Å². The second kappa shape index (κ2) is 8.37. The lowest BCUT2D eigenvalue weighted by molar-refractivity contribution is 0.0949. The van der Waals surface area contributed by atoms with Crippen molar-refractivity contribution in [3.63, 3.8) is 0 Å². The molecule has 0 unspecified atom stereocenters. The number of nitrogens with zero attached hydrogens (tertiary/aromatic N) is 3. The zero-order valence-electron chi connectivity index (χ0n) is 14.5. The third kappa shape index (κ3) is 4.86. The van der Waals surface area contributed by atoms with Gasteiger partial charge in [0, 0.05) is 16.8 Å². The predicted octanol–water partition coefficient (Wildman–Crippen LogP) is 3.06. The summed E-state index contributed by atoms with van der Waals surface area (Å²) in [5.74, 6) is 0.144. The lowest BCUT2D eigenvalue weighted by Crippen LogP contribution is -2.18. The molecule has 7 nitrogen and oxygen atoms in total. The first-order valence-electron chi connectivity index (χ1n) is 8.03. The number of ether oxygens (including phenoxy) is 1. The van der Waals surface area contributed by atoms with Crippen LogP contribution in [0.25, 0.3) is 0 Å². The van der Waals surface area contributed by atoms with Crippen molar-refractivity contribution in [3.05, 3.63) is 76.6 Å². The van der Waals surface area contributed by atoms with Crippen molar-refractivity contribution in [2.45, 2.75) is 6.54 Å². The molecule has 1 amide bonds. The average molecular weight is 385 g/mol. The van der Waals surface area contributed by atoms with Crippen LogP contribution in [-0.4, -0.2) is 34.1 Å². The van der Waals surface area contributed by atoms with Gasteiger partial charge in [0.1, 0.15) is 11.5 Å². The minimum atomic E-state index is -0.455. The van der Waals surface area contributed by atoms with E-state index in [9.17, 15) is 9.90 Å².